The average molecular weight is 246 g/mol. The molecule has 2 aliphatic carbocycles. The number of rotatable bonds is 3. The molecule has 98 valence electrons. The molecule has 2 fully saturated rings. The molecule has 18 heavy (non-hydrogen) atoms. The molecule has 0 aromatic carbocycles. The van der Waals surface area contributed by atoms with E-state index in [1.165, 1.54) is 51.4 Å². The molecule has 3 rings (SSSR count). The van der Waals surface area contributed by atoms with Crippen LogP contribution >= 0.6 is 0 Å². The van der Waals surface area contributed by atoms with E-state index in [-0.39, 0.29) is 0 Å². The normalized spacial score (nSPS) is 21.6. The molecule has 0 spiro atoms. The highest BCUT2D eigenvalue weighted by Gasteiger charge is 2.27. The summed E-state index contributed by atoms with van der Waals surface area (Å²) in [6, 6.07) is 2.44. The van der Waals surface area contributed by atoms with Crippen LogP contribution < -0.4 is 11.1 Å². The second kappa shape index (κ2) is 5.12. The van der Waals surface area contributed by atoms with Crippen LogP contribution in [0.3, 0.4) is 0 Å². The standard InChI is InChI=1S/C14H22N4/c15-12-9-13(18-14(17-12)10-7-8-10)16-11-5-3-1-2-4-6-11/h9-11H,1-8H2,(H3,15,16,17,18). The highest BCUT2D eigenvalue weighted by atomic mass is 15.1. The Bertz CT molecular complexity index is 406. The number of nitrogens with zero attached hydrogens (tertiary/aromatic N) is 2. The van der Waals surface area contributed by atoms with Crippen LogP contribution in [0.4, 0.5) is 11.6 Å². The zero-order valence-corrected chi connectivity index (χ0v) is 10.9. The molecule has 0 atom stereocenters. The van der Waals surface area contributed by atoms with Crippen molar-refractivity contribution in [2.24, 2.45) is 0 Å². The number of hydrogen-bond donors (Lipinski definition) is 2. The summed E-state index contributed by atoms with van der Waals surface area (Å²) in [5.41, 5.74) is 5.87. The van der Waals surface area contributed by atoms with Crippen LogP contribution in [0.15, 0.2) is 6.07 Å². The first kappa shape index (κ1) is 11.8. The molecule has 3 N–H and O–H groups in total. The fourth-order valence-electron chi connectivity index (χ4n) is 2.72. The van der Waals surface area contributed by atoms with Gasteiger partial charge in [0.1, 0.15) is 17.5 Å². The van der Waals surface area contributed by atoms with Gasteiger partial charge < -0.3 is 11.1 Å². The maximum atomic E-state index is 5.87. The molecule has 0 bridgehead atoms. The van der Waals surface area contributed by atoms with Gasteiger partial charge in [-0.1, -0.05) is 25.7 Å². The zero-order chi connectivity index (χ0) is 12.4. The third-order valence-corrected chi connectivity index (χ3v) is 3.91. The molecule has 0 aliphatic heterocycles. The van der Waals surface area contributed by atoms with Gasteiger partial charge in [0.2, 0.25) is 0 Å². The molecular weight excluding hydrogens is 224 g/mol. The van der Waals surface area contributed by atoms with Gasteiger partial charge >= 0.3 is 0 Å². The summed E-state index contributed by atoms with van der Waals surface area (Å²) >= 11 is 0. The van der Waals surface area contributed by atoms with Crippen LogP contribution in [0.25, 0.3) is 0 Å². The fourth-order valence-corrected chi connectivity index (χ4v) is 2.72. The third kappa shape index (κ3) is 2.92. The molecule has 4 nitrogen and oxygen atoms in total. The van der Waals surface area contributed by atoms with E-state index in [1.807, 2.05) is 6.07 Å². The summed E-state index contributed by atoms with van der Waals surface area (Å²) < 4.78 is 0. The molecule has 2 saturated carbocycles. The first-order valence-electron chi connectivity index (χ1n) is 7.22. The molecular formula is C14H22N4. The first-order valence-corrected chi connectivity index (χ1v) is 7.22. The van der Waals surface area contributed by atoms with Gasteiger partial charge in [-0.2, -0.15) is 0 Å². The average Bonchev–Trinajstić information content (AvgIpc) is 3.16. The summed E-state index contributed by atoms with van der Waals surface area (Å²) in [6.07, 6.45) is 10.3. The molecule has 1 aromatic rings. The first-order chi connectivity index (χ1) is 8.81. The summed E-state index contributed by atoms with van der Waals surface area (Å²) in [5.74, 6) is 3.02. The summed E-state index contributed by atoms with van der Waals surface area (Å²) in [6.45, 7) is 0. The Kier molecular flexibility index (Phi) is 3.35. The Morgan fingerprint density at radius 2 is 1.72 bits per heavy atom. The van der Waals surface area contributed by atoms with Crippen LogP contribution in [-0.4, -0.2) is 16.0 Å². The van der Waals surface area contributed by atoms with Crippen LogP contribution in [0.5, 0.6) is 0 Å². The van der Waals surface area contributed by atoms with Gasteiger partial charge in [0.15, 0.2) is 0 Å². The number of hydrogen-bond acceptors (Lipinski definition) is 4. The van der Waals surface area contributed by atoms with Crippen molar-refractivity contribution < 1.29 is 0 Å². The molecule has 1 heterocycles. The van der Waals surface area contributed by atoms with E-state index in [0.717, 1.165) is 11.6 Å². The van der Waals surface area contributed by atoms with Gasteiger partial charge in [-0.3, -0.25) is 0 Å². The van der Waals surface area contributed by atoms with Crippen molar-refractivity contribution in [3.63, 3.8) is 0 Å². The van der Waals surface area contributed by atoms with Gasteiger partial charge in [-0.05, 0) is 25.7 Å². The number of anilines is 2. The van der Waals surface area contributed by atoms with Crippen LogP contribution in [-0.2, 0) is 0 Å². The van der Waals surface area contributed by atoms with Gasteiger partial charge in [-0.25, -0.2) is 9.97 Å². The molecule has 2 aliphatic rings. The van der Waals surface area contributed by atoms with Crippen LogP contribution in [0.1, 0.15) is 63.1 Å². The quantitative estimate of drug-likeness (QED) is 0.804. The van der Waals surface area contributed by atoms with Crippen molar-refractivity contribution in [3.8, 4) is 0 Å². The smallest absolute Gasteiger partial charge is 0.136 e. The number of nitrogens with two attached hydrogens (primary N) is 1. The van der Waals surface area contributed by atoms with Gasteiger partial charge in [0.05, 0.1) is 0 Å². The zero-order valence-electron chi connectivity index (χ0n) is 10.9. The number of nitrogen functional groups attached to an aromatic ring is 1. The van der Waals surface area contributed by atoms with E-state index in [9.17, 15) is 0 Å². The highest BCUT2D eigenvalue weighted by molar-refractivity contribution is 5.46. The van der Waals surface area contributed by atoms with Crippen molar-refractivity contribution in [1.29, 1.82) is 0 Å². The highest BCUT2D eigenvalue weighted by Crippen LogP contribution is 2.38. The van der Waals surface area contributed by atoms with Crippen molar-refractivity contribution in [2.45, 2.75) is 63.3 Å². The third-order valence-electron chi connectivity index (χ3n) is 3.91. The minimum Gasteiger partial charge on any atom is -0.384 e. The van der Waals surface area contributed by atoms with Gasteiger partial charge in [0.25, 0.3) is 0 Å². The lowest BCUT2D eigenvalue weighted by Crippen LogP contribution is -2.19. The van der Waals surface area contributed by atoms with E-state index in [2.05, 4.69) is 15.3 Å². The molecule has 0 unspecified atom stereocenters. The lowest BCUT2D eigenvalue weighted by molar-refractivity contribution is 0.617. The van der Waals surface area contributed by atoms with Gasteiger partial charge in [0, 0.05) is 18.0 Å². The summed E-state index contributed by atoms with van der Waals surface area (Å²) in [5, 5.41) is 3.55. The predicted molar refractivity (Wildman–Crippen MR) is 73.5 cm³/mol. The maximum absolute atomic E-state index is 5.87. The number of aromatic nitrogens is 2. The Labute approximate surface area is 108 Å². The maximum Gasteiger partial charge on any atom is 0.136 e. The monoisotopic (exact) mass is 246 g/mol. The van der Waals surface area contributed by atoms with Crippen LogP contribution in [0, 0.1) is 0 Å². The molecule has 1 aromatic heterocycles. The minimum atomic E-state index is 0.559. The van der Waals surface area contributed by atoms with Crippen LogP contribution in [0.2, 0.25) is 0 Å². The predicted octanol–water partition coefficient (Wildman–Crippen LogP) is 3.07. The largest absolute Gasteiger partial charge is 0.384 e. The van der Waals surface area contributed by atoms with E-state index in [1.54, 1.807) is 0 Å². The molecule has 0 amide bonds. The Morgan fingerprint density at radius 1 is 1.00 bits per heavy atom. The van der Waals surface area contributed by atoms with Gasteiger partial charge in [-0.15, -0.1) is 0 Å². The summed E-state index contributed by atoms with van der Waals surface area (Å²) in [4.78, 5) is 8.95. The lowest BCUT2D eigenvalue weighted by Gasteiger charge is -2.17. The van der Waals surface area contributed by atoms with Crippen molar-refractivity contribution >= 4 is 11.6 Å². The van der Waals surface area contributed by atoms with E-state index >= 15 is 0 Å². The SMILES string of the molecule is Nc1cc(NC2CCCCCC2)nc(C2CC2)n1. The summed E-state index contributed by atoms with van der Waals surface area (Å²) in [7, 11) is 0. The van der Waals surface area contributed by atoms with Crippen molar-refractivity contribution in [3.05, 3.63) is 11.9 Å². The number of nitrogens with one attached hydrogen (secondary N) is 1. The van der Waals surface area contributed by atoms with E-state index in [4.69, 9.17) is 5.73 Å². The van der Waals surface area contributed by atoms with E-state index < -0.39 is 0 Å². The second-order valence-electron chi connectivity index (χ2n) is 5.64. The van der Waals surface area contributed by atoms with E-state index in [0.29, 0.717) is 17.8 Å². The molecule has 0 radical (unpaired) electrons. The lowest BCUT2D eigenvalue weighted by atomic mass is 10.1. The Balaban J connectivity index is 1.70. The van der Waals surface area contributed by atoms with Crippen molar-refractivity contribution in [2.75, 3.05) is 11.1 Å². The Morgan fingerprint density at radius 3 is 2.39 bits per heavy atom. The Hall–Kier alpha value is -1.32. The molecule has 4 heteroatoms. The fraction of sp³-hybridized carbons (Fsp3) is 0.714. The minimum absolute atomic E-state index is 0.559. The second-order valence-corrected chi connectivity index (χ2v) is 5.64. The topological polar surface area (TPSA) is 63.8 Å². The van der Waals surface area contributed by atoms with Crippen molar-refractivity contribution in [1.82, 2.24) is 9.97 Å². The molecule has 0 saturated heterocycles.